The molecule has 1 atom stereocenters. The van der Waals surface area contributed by atoms with Gasteiger partial charge in [-0.25, -0.2) is 0 Å². The normalized spacial score (nSPS) is 12.9. The van der Waals surface area contributed by atoms with E-state index in [4.69, 9.17) is 0 Å². The summed E-state index contributed by atoms with van der Waals surface area (Å²) in [7, 11) is 0. The first-order chi connectivity index (χ1) is 7.81. The van der Waals surface area contributed by atoms with Crippen molar-refractivity contribution in [3.8, 4) is 0 Å². The molecule has 0 aliphatic carbocycles. The lowest BCUT2D eigenvalue weighted by molar-refractivity contribution is 0.167. The molecule has 0 bridgehead atoms. The van der Waals surface area contributed by atoms with E-state index in [1.54, 1.807) is 29.2 Å². The minimum absolute atomic E-state index is 0.491. The van der Waals surface area contributed by atoms with Crippen LogP contribution in [0.4, 0.5) is 0 Å². The molecule has 0 saturated carbocycles. The quantitative estimate of drug-likeness (QED) is 0.865. The van der Waals surface area contributed by atoms with Gasteiger partial charge in [0.2, 0.25) is 0 Å². The van der Waals surface area contributed by atoms with Crippen molar-refractivity contribution in [3.63, 3.8) is 0 Å². The summed E-state index contributed by atoms with van der Waals surface area (Å²) in [4.78, 5) is 5.09. The summed E-state index contributed by atoms with van der Waals surface area (Å²) in [5.41, 5.74) is 2.67. The third-order valence-electron chi connectivity index (χ3n) is 2.40. The fourth-order valence-electron chi connectivity index (χ4n) is 1.66. The van der Waals surface area contributed by atoms with Crippen molar-refractivity contribution >= 4 is 11.3 Å². The van der Waals surface area contributed by atoms with Crippen LogP contribution in [0.2, 0.25) is 0 Å². The summed E-state index contributed by atoms with van der Waals surface area (Å²) in [6.07, 6.45) is 4.67. The molecule has 1 unspecified atom stereocenters. The van der Waals surface area contributed by atoms with E-state index in [1.807, 2.05) is 10.7 Å². The molecule has 2 heterocycles. The van der Waals surface area contributed by atoms with Crippen molar-refractivity contribution in [2.24, 2.45) is 0 Å². The van der Waals surface area contributed by atoms with Crippen LogP contribution in [0.15, 0.2) is 24.0 Å². The lowest BCUT2D eigenvalue weighted by Gasteiger charge is -2.11. The van der Waals surface area contributed by atoms with Gasteiger partial charge in [0.15, 0.2) is 0 Å². The standard InChI is InChI=1S/C11H15N3OS/c1-2-5-14-10(3-4-13-14)11(15)6-9-7-12-8-16-9/h3-4,7-8,11,15H,2,5-6H2,1H3. The van der Waals surface area contributed by atoms with Gasteiger partial charge in [-0.15, -0.1) is 11.3 Å². The Balaban J connectivity index is 2.08. The van der Waals surface area contributed by atoms with Gasteiger partial charge < -0.3 is 5.11 Å². The maximum atomic E-state index is 10.1. The van der Waals surface area contributed by atoms with Crippen LogP contribution in [0.5, 0.6) is 0 Å². The van der Waals surface area contributed by atoms with Crippen LogP contribution in [0.1, 0.15) is 30.0 Å². The van der Waals surface area contributed by atoms with Gasteiger partial charge in [0.1, 0.15) is 6.10 Å². The van der Waals surface area contributed by atoms with Crippen LogP contribution in [-0.4, -0.2) is 19.9 Å². The third-order valence-corrected chi connectivity index (χ3v) is 3.21. The minimum Gasteiger partial charge on any atom is -0.386 e. The number of aliphatic hydroxyl groups is 1. The first-order valence-electron chi connectivity index (χ1n) is 5.38. The van der Waals surface area contributed by atoms with Gasteiger partial charge in [-0.1, -0.05) is 6.92 Å². The Kier molecular flexibility index (Phi) is 3.69. The molecule has 0 aliphatic rings. The lowest BCUT2D eigenvalue weighted by atomic mass is 10.1. The number of aliphatic hydroxyl groups excluding tert-OH is 1. The molecular weight excluding hydrogens is 222 g/mol. The molecular formula is C11H15N3OS. The maximum Gasteiger partial charge on any atom is 0.100 e. The molecule has 0 saturated heterocycles. The molecule has 0 radical (unpaired) electrons. The molecule has 5 heteroatoms. The molecule has 4 nitrogen and oxygen atoms in total. The number of rotatable bonds is 5. The van der Waals surface area contributed by atoms with Crippen molar-refractivity contribution in [3.05, 3.63) is 34.5 Å². The summed E-state index contributed by atoms with van der Waals surface area (Å²) in [5, 5.41) is 14.3. The Hall–Kier alpha value is -1.20. The summed E-state index contributed by atoms with van der Waals surface area (Å²) >= 11 is 1.57. The second-order valence-electron chi connectivity index (χ2n) is 3.67. The second-order valence-corrected chi connectivity index (χ2v) is 4.64. The smallest absolute Gasteiger partial charge is 0.100 e. The highest BCUT2D eigenvalue weighted by atomic mass is 32.1. The van der Waals surface area contributed by atoms with E-state index in [1.165, 1.54) is 0 Å². The van der Waals surface area contributed by atoms with Gasteiger partial charge in [0.05, 0.1) is 11.2 Å². The highest BCUT2D eigenvalue weighted by Crippen LogP contribution is 2.20. The largest absolute Gasteiger partial charge is 0.386 e. The number of nitrogens with zero attached hydrogens (tertiary/aromatic N) is 3. The molecule has 2 aromatic rings. The number of thiazole rings is 1. The number of aromatic nitrogens is 3. The van der Waals surface area contributed by atoms with Crippen molar-refractivity contribution in [2.75, 3.05) is 0 Å². The molecule has 86 valence electrons. The van der Waals surface area contributed by atoms with Gasteiger partial charge in [-0.05, 0) is 12.5 Å². The van der Waals surface area contributed by atoms with Crippen LogP contribution in [0.25, 0.3) is 0 Å². The van der Waals surface area contributed by atoms with E-state index in [2.05, 4.69) is 17.0 Å². The van der Waals surface area contributed by atoms with Crippen molar-refractivity contribution in [2.45, 2.75) is 32.4 Å². The van der Waals surface area contributed by atoms with E-state index >= 15 is 0 Å². The average Bonchev–Trinajstić information content (AvgIpc) is 2.89. The van der Waals surface area contributed by atoms with Gasteiger partial charge in [0.25, 0.3) is 0 Å². The fourth-order valence-corrected chi connectivity index (χ4v) is 2.30. The maximum absolute atomic E-state index is 10.1. The first kappa shape index (κ1) is 11.3. The Labute approximate surface area is 98.6 Å². The van der Waals surface area contributed by atoms with Crippen LogP contribution < -0.4 is 0 Å². The minimum atomic E-state index is -0.491. The van der Waals surface area contributed by atoms with Crippen LogP contribution in [-0.2, 0) is 13.0 Å². The third kappa shape index (κ3) is 2.48. The monoisotopic (exact) mass is 237 g/mol. The highest BCUT2D eigenvalue weighted by molar-refractivity contribution is 7.09. The predicted octanol–water partition coefficient (Wildman–Crippen LogP) is 2.03. The molecule has 0 fully saturated rings. The molecule has 1 N–H and O–H groups in total. The molecule has 2 rings (SSSR count). The van der Waals surface area contributed by atoms with Gasteiger partial charge in [-0.3, -0.25) is 9.67 Å². The molecule has 0 aliphatic heterocycles. The molecule has 0 spiro atoms. The SMILES string of the molecule is CCCn1nccc1C(O)Cc1cncs1. The zero-order valence-corrected chi connectivity index (χ0v) is 10.0. The summed E-state index contributed by atoms with van der Waals surface area (Å²) < 4.78 is 1.87. The fraction of sp³-hybridized carbons (Fsp3) is 0.455. The van der Waals surface area contributed by atoms with Crippen LogP contribution >= 0.6 is 11.3 Å². The zero-order chi connectivity index (χ0) is 11.4. The lowest BCUT2D eigenvalue weighted by Crippen LogP contribution is -2.10. The number of hydrogen-bond acceptors (Lipinski definition) is 4. The number of hydrogen-bond donors (Lipinski definition) is 1. The Morgan fingerprint density at radius 1 is 1.56 bits per heavy atom. The zero-order valence-electron chi connectivity index (χ0n) is 9.21. The topological polar surface area (TPSA) is 50.9 Å². The summed E-state index contributed by atoms with van der Waals surface area (Å²) in [6, 6.07) is 1.88. The van der Waals surface area contributed by atoms with E-state index in [9.17, 15) is 5.11 Å². The van der Waals surface area contributed by atoms with Crippen molar-refractivity contribution in [1.29, 1.82) is 0 Å². The van der Waals surface area contributed by atoms with Crippen LogP contribution in [0.3, 0.4) is 0 Å². The first-order valence-corrected chi connectivity index (χ1v) is 6.26. The Bertz CT molecular complexity index is 424. The van der Waals surface area contributed by atoms with Gasteiger partial charge in [0, 0.05) is 30.2 Å². The molecule has 0 aromatic carbocycles. The summed E-state index contributed by atoms with van der Waals surface area (Å²) in [5.74, 6) is 0. The predicted molar refractivity (Wildman–Crippen MR) is 63.3 cm³/mol. The molecule has 2 aromatic heterocycles. The Morgan fingerprint density at radius 2 is 2.44 bits per heavy atom. The van der Waals surface area contributed by atoms with Gasteiger partial charge >= 0.3 is 0 Å². The van der Waals surface area contributed by atoms with E-state index in [0.717, 1.165) is 23.5 Å². The average molecular weight is 237 g/mol. The highest BCUT2D eigenvalue weighted by Gasteiger charge is 2.14. The van der Waals surface area contributed by atoms with Crippen molar-refractivity contribution < 1.29 is 5.11 Å². The second kappa shape index (κ2) is 5.23. The van der Waals surface area contributed by atoms with E-state index in [-0.39, 0.29) is 0 Å². The van der Waals surface area contributed by atoms with E-state index < -0.39 is 6.10 Å². The Morgan fingerprint density at radius 3 is 3.12 bits per heavy atom. The van der Waals surface area contributed by atoms with Crippen LogP contribution in [0, 0.1) is 0 Å². The van der Waals surface area contributed by atoms with E-state index in [0.29, 0.717) is 6.42 Å². The van der Waals surface area contributed by atoms with Gasteiger partial charge in [-0.2, -0.15) is 5.10 Å². The number of aryl methyl sites for hydroxylation is 1. The summed E-state index contributed by atoms with van der Waals surface area (Å²) in [6.45, 7) is 2.95. The molecule has 0 amide bonds. The van der Waals surface area contributed by atoms with Crippen molar-refractivity contribution in [1.82, 2.24) is 14.8 Å². The molecule has 16 heavy (non-hydrogen) atoms.